The lowest BCUT2D eigenvalue weighted by Crippen LogP contribution is -2.44. The molecule has 2 heterocycles. The van der Waals surface area contributed by atoms with Gasteiger partial charge in [-0.1, -0.05) is 33.3 Å². The van der Waals surface area contributed by atoms with Gasteiger partial charge in [0.25, 0.3) is 0 Å². The maximum absolute atomic E-state index is 14.0. The number of nitrogens with two attached hydrogens (primary N) is 1. The molecule has 39 heavy (non-hydrogen) atoms. The van der Waals surface area contributed by atoms with Gasteiger partial charge < -0.3 is 24.7 Å². The summed E-state index contributed by atoms with van der Waals surface area (Å²) >= 11 is 0. The normalized spacial score (nSPS) is 20.8. The number of carbonyl (C=O) groups is 2. The molecule has 1 aliphatic heterocycles. The molecular formula is C25H42N5O8P. The van der Waals surface area contributed by atoms with Gasteiger partial charge in [0.1, 0.15) is 30.5 Å². The molecule has 14 heteroatoms. The summed E-state index contributed by atoms with van der Waals surface area (Å²) in [7, 11) is -3.78. The van der Waals surface area contributed by atoms with Crippen molar-refractivity contribution in [3.05, 3.63) is 35.4 Å². The van der Waals surface area contributed by atoms with Crippen molar-refractivity contribution in [1.82, 2.24) is 19.7 Å². The molecule has 220 valence electrons. The lowest BCUT2D eigenvalue weighted by molar-refractivity contribution is -0.198. The summed E-state index contributed by atoms with van der Waals surface area (Å²) < 4.78 is 37.8. The Bertz CT molecular complexity index is 1050. The van der Waals surface area contributed by atoms with Gasteiger partial charge in [-0.15, -0.1) is 0 Å². The second kappa shape index (κ2) is 15.3. The molecular weight excluding hydrogens is 529 g/mol. The first-order chi connectivity index (χ1) is 18.5. The summed E-state index contributed by atoms with van der Waals surface area (Å²) in [5, 5.41) is 5.53. The van der Waals surface area contributed by atoms with Crippen LogP contribution in [0.2, 0.25) is 0 Å². The molecule has 1 fully saturated rings. The molecule has 0 unspecified atom stereocenters. The molecule has 0 aromatic carbocycles. The van der Waals surface area contributed by atoms with Crippen LogP contribution in [0.25, 0.3) is 0 Å². The number of aromatic nitrogens is 2. The molecule has 13 nitrogen and oxygen atoms in total. The van der Waals surface area contributed by atoms with Crippen molar-refractivity contribution in [3.63, 3.8) is 0 Å². The second-order valence-corrected chi connectivity index (χ2v) is 11.7. The SMILES string of the molecule is C=C[C@@]1(OCP(=O)(N[C@@H](C)C(=O)OCCCC)N[C@@H](C)C(=O)OCCCC)CC[C@H](n2ccc(N)nc2=O)O1. The Morgan fingerprint density at radius 1 is 1.23 bits per heavy atom. The predicted molar refractivity (Wildman–Crippen MR) is 146 cm³/mol. The van der Waals surface area contributed by atoms with E-state index in [2.05, 4.69) is 21.7 Å². The Kier molecular flexibility index (Phi) is 12.8. The van der Waals surface area contributed by atoms with E-state index in [1.54, 1.807) is 0 Å². The first-order valence-corrected chi connectivity index (χ1v) is 15.1. The van der Waals surface area contributed by atoms with Gasteiger partial charge in [-0.3, -0.25) is 18.7 Å². The number of hydrogen-bond acceptors (Lipinski definition) is 10. The monoisotopic (exact) mass is 571 g/mol. The lowest BCUT2D eigenvalue weighted by atomic mass is 10.2. The zero-order chi connectivity index (χ0) is 29.1. The van der Waals surface area contributed by atoms with Crippen LogP contribution in [-0.2, 0) is 33.1 Å². The molecule has 1 aromatic rings. The van der Waals surface area contributed by atoms with Crippen LogP contribution in [-0.4, -0.2) is 58.9 Å². The van der Waals surface area contributed by atoms with E-state index in [4.69, 9.17) is 24.7 Å². The Balaban J connectivity index is 2.17. The molecule has 1 aliphatic rings. The third-order valence-electron chi connectivity index (χ3n) is 6.03. The molecule has 0 saturated carbocycles. The number of nitrogen functional groups attached to an aromatic ring is 1. The third kappa shape index (κ3) is 9.84. The molecule has 0 radical (unpaired) electrons. The van der Waals surface area contributed by atoms with Crippen molar-refractivity contribution in [3.8, 4) is 0 Å². The van der Waals surface area contributed by atoms with E-state index in [0.29, 0.717) is 25.7 Å². The van der Waals surface area contributed by atoms with Crippen LogP contribution in [0.1, 0.15) is 72.4 Å². The number of anilines is 1. The Morgan fingerprint density at radius 2 is 1.79 bits per heavy atom. The van der Waals surface area contributed by atoms with Crippen LogP contribution in [0.5, 0.6) is 0 Å². The molecule has 2 rings (SSSR count). The smallest absolute Gasteiger partial charge is 0.351 e. The molecule has 0 spiro atoms. The van der Waals surface area contributed by atoms with Gasteiger partial charge >= 0.3 is 17.6 Å². The van der Waals surface area contributed by atoms with Gasteiger partial charge in [0.05, 0.1) is 13.2 Å². The second-order valence-electron chi connectivity index (χ2n) is 9.43. The maximum Gasteiger partial charge on any atom is 0.351 e. The highest BCUT2D eigenvalue weighted by Gasteiger charge is 2.43. The van der Waals surface area contributed by atoms with E-state index in [9.17, 15) is 18.9 Å². The summed E-state index contributed by atoms with van der Waals surface area (Å²) in [5.41, 5.74) is 4.99. The van der Waals surface area contributed by atoms with Crippen LogP contribution >= 0.6 is 7.44 Å². The molecule has 4 atom stereocenters. The summed E-state index contributed by atoms with van der Waals surface area (Å²) in [4.78, 5) is 40.9. The fraction of sp³-hybridized carbons (Fsp3) is 0.680. The van der Waals surface area contributed by atoms with Crippen molar-refractivity contribution in [1.29, 1.82) is 0 Å². The highest BCUT2D eigenvalue weighted by atomic mass is 31.2. The van der Waals surface area contributed by atoms with Gasteiger partial charge in [-0.2, -0.15) is 4.98 Å². The minimum atomic E-state index is -3.78. The van der Waals surface area contributed by atoms with Crippen LogP contribution in [0.15, 0.2) is 29.7 Å². The number of nitrogens with zero attached hydrogens (tertiary/aromatic N) is 2. The van der Waals surface area contributed by atoms with E-state index >= 15 is 0 Å². The largest absolute Gasteiger partial charge is 0.465 e. The first kappa shape index (κ1) is 32.6. The fourth-order valence-corrected chi connectivity index (χ4v) is 5.84. The van der Waals surface area contributed by atoms with Crippen molar-refractivity contribution < 1.29 is 33.1 Å². The average Bonchev–Trinajstić information content (AvgIpc) is 3.32. The number of rotatable bonds is 17. The van der Waals surface area contributed by atoms with E-state index in [1.807, 2.05) is 13.8 Å². The number of hydrogen-bond donors (Lipinski definition) is 3. The first-order valence-electron chi connectivity index (χ1n) is 13.3. The van der Waals surface area contributed by atoms with Crippen molar-refractivity contribution in [2.45, 2.75) is 90.3 Å². The van der Waals surface area contributed by atoms with Gasteiger partial charge in [-0.25, -0.2) is 15.0 Å². The van der Waals surface area contributed by atoms with E-state index in [0.717, 1.165) is 12.8 Å². The van der Waals surface area contributed by atoms with Crippen LogP contribution in [0.3, 0.4) is 0 Å². The minimum Gasteiger partial charge on any atom is -0.465 e. The summed E-state index contributed by atoms with van der Waals surface area (Å²) in [6, 6.07) is -0.462. The molecule has 1 aromatic heterocycles. The molecule has 0 amide bonds. The Morgan fingerprint density at radius 3 is 2.28 bits per heavy atom. The number of carbonyl (C=O) groups excluding carboxylic acids is 2. The van der Waals surface area contributed by atoms with Crippen LogP contribution in [0.4, 0.5) is 5.82 Å². The number of ether oxygens (including phenoxy) is 4. The number of nitrogens with one attached hydrogen (secondary N) is 2. The fourth-order valence-electron chi connectivity index (χ4n) is 3.76. The van der Waals surface area contributed by atoms with E-state index in [1.165, 1.54) is 36.8 Å². The van der Waals surface area contributed by atoms with Crippen molar-refractivity contribution >= 4 is 25.2 Å². The quantitative estimate of drug-likeness (QED) is 0.108. The van der Waals surface area contributed by atoms with Crippen LogP contribution < -0.4 is 21.6 Å². The van der Waals surface area contributed by atoms with E-state index < -0.39 is 55.5 Å². The number of esters is 2. The summed E-state index contributed by atoms with van der Waals surface area (Å²) in [6.45, 7) is 11.2. The topological polar surface area (TPSA) is 173 Å². The number of unbranched alkanes of at least 4 members (excludes halogenated alkanes) is 2. The highest BCUT2D eigenvalue weighted by molar-refractivity contribution is 7.59. The molecule has 0 bridgehead atoms. The Hall–Kier alpha value is -2.57. The molecule has 1 saturated heterocycles. The van der Waals surface area contributed by atoms with Gasteiger partial charge in [0.2, 0.25) is 7.44 Å². The zero-order valence-electron chi connectivity index (χ0n) is 23.2. The molecule has 0 aliphatic carbocycles. The van der Waals surface area contributed by atoms with Crippen molar-refractivity contribution in [2.75, 3.05) is 25.3 Å². The lowest BCUT2D eigenvalue weighted by Gasteiger charge is -2.31. The van der Waals surface area contributed by atoms with Gasteiger partial charge in [0.15, 0.2) is 5.79 Å². The standard InChI is InChI=1S/C25H42N5O8P/c1-6-9-15-35-22(31)18(4)28-39(34,29-19(5)23(32)36-16-10-7-2)17-37-25(8-3)13-11-21(38-25)30-14-12-20(26)27-24(30)33/h8,12,14,18-19,21H,3,6-7,9-11,13,15-17H2,1-2,4-5H3,(H2,26,27,33)(H2,28,29,34)/t18-,19-,21+,25-/m0/s1. The zero-order valence-corrected chi connectivity index (χ0v) is 24.1. The highest BCUT2D eigenvalue weighted by Crippen LogP contribution is 2.44. The predicted octanol–water partition coefficient (Wildman–Crippen LogP) is 2.83. The van der Waals surface area contributed by atoms with Crippen molar-refractivity contribution in [2.24, 2.45) is 0 Å². The van der Waals surface area contributed by atoms with E-state index in [-0.39, 0.29) is 19.0 Å². The van der Waals surface area contributed by atoms with Gasteiger partial charge in [0, 0.05) is 12.6 Å². The molecule has 4 N–H and O–H groups in total. The average molecular weight is 572 g/mol. The van der Waals surface area contributed by atoms with Gasteiger partial charge in [-0.05, 0) is 45.3 Å². The minimum absolute atomic E-state index is 0.0863. The summed E-state index contributed by atoms with van der Waals surface area (Å²) in [5.74, 6) is -2.48. The third-order valence-corrected chi connectivity index (χ3v) is 8.14. The van der Waals surface area contributed by atoms with Crippen LogP contribution in [0, 0.1) is 0 Å². The Labute approximate surface area is 229 Å². The maximum atomic E-state index is 14.0. The summed E-state index contributed by atoms with van der Waals surface area (Å²) in [6.07, 6.45) is 5.47.